The van der Waals surface area contributed by atoms with Crippen LogP contribution in [0.5, 0.6) is 11.5 Å². The van der Waals surface area contributed by atoms with Crippen LogP contribution in [0.2, 0.25) is 0 Å². The Kier molecular flexibility index (Phi) is 34.5. The molecule has 0 aliphatic rings. The first-order valence-corrected chi connectivity index (χ1v) is 15.2. The Labute approximate surface area is 325 Å². The van der Waals surface area contributed by atoms with Crippen LogP contribution in [0.4, 0.5) is 0 Å². The van der Waals surface area contributed by atoms with Gasteiger partial charge in [-0.1, -0.05) is 107 Å². The summed E-state index contributed by atoms with van der Waals surface area (Å²) in [6.45, 7) is 29.7. The fourth-order valence-corrected chi connectivity index (χ4v) is 4.42. The van der Waals surface area contributed by atoms with Crippen LogP contribution in [0.25, 0.3) is 0 Å². The standard InChI is InChI=1S/2C18H31NO2.2Mo.5O/c2*1-17(2,3)14-10-13(12-19-8-9-21-7)16(20)15(11-14)18(4,5)6;;;;;;;/h2*10-11,19-20H,8-9,12H2,1-7H3;;;;;;;/q;;;;5*-2/p-2. The molecular formula is C36H60Mo2N2O9-12. The predicted octanol–water partition coefficient (Wildman–Crippen LogP) is 5.58. The Morgan fingerprint density at radius 1 is 0.490 bits per heavy atom. The second-order valence-corrected chi connectivity index (χ2v) is 15.4. The number of benzene rings is 2. The van der Waals surface area contributed by atoms with E-state index in [4.69, 9.17) is 9.47 Å². The molecule has 0 heterocycles. The van der Waals surface area contributed by atoms with E-state index in [2.05, 4.69) is 118 Å². The molecule has 0 spiro atoms. The van der Waals surface area contributed by atoms with Gasteiger partial charge in [0.2, 0.25) is 0 Å². The predicted molar refractivity (Wildman–Crippen MR) is 177 cm³/mol. The number of nitrogens with one attached hydrogen (secondary N) is 2. The fraction of sp³-hybridized carbons (Fsp3) is 0.667. The Balaban J connectivity index is -0.000000126. The number of ether oxygens (including phenoxy) is 2. The average molecular weight is 857 g/mol. The zero-order chi connectivity index (χ0) is 32.5. The van der Waals surface area contributed by atoms with E-state index in [-0.39, 0.29) is 103 Å². The maximum absolute atomic E-state index is 12.7. The molecule has 292 valence electrons. The van der Waals surface area contributed by atoms with Crippen molar-refractivity contribution >= 4 is 0 Å². The van der Waals surface area contributed by atoms with Gasteiger partial charge in [0.25, 0.3) is 0 Å². The molecule has 0 aliphatic heterocycles. The van der Waals surface area contributed by atoms with Gasteiger partial charge in [0, 0.05) is 82.5 Å². The zero-order valence-corrected chi connectivity index (χ0v) is 36.1. The van der Waals surface area contributed by atoms with Gasteiger partial charge in [-0.2, -0.15) is 0 Å². The largest absolute Gasteiger partial charge is 2.00 e. The topological polar surface area (TPSA) is 231 Å². The molecule has 2 aromatic carbocycles. The van der Waals surface area contributed by atoms with Crippen molar-refractivity contribution in [1.29, 1.82) is 0 Å². The van der Waals surface area contributed by atoms with E-state index < -0.39 is 0 Å². The monoisotopic (exact) mass is 860 g/mol. The Morgan fingerprint density at radius 3 is 0.959 bits per heavy atom. The molecule has 0 atom stereocenters. The van der Waals surface area contributed by atoms with Gasteiger partial charge in [-0.15, -0.1) is 11.5 Å². The van der Waals surface area contributed by atoms with Crippen molar-refractivity contribution in [2.24, 2.45) is 0 Å². The first-order chi connectivity index (χ1) is 19.1. The Morgan fingerprint density at radius 2 is 0.755 bits per heavy atom. The first kappa shape index (κ1) is 63.1. The third kappa shape index (κ3) is 21.2. The van der Waals surface area contributed by atoms with Crippen molar-refractivity contribution in [3.63, 3.8) is 0 Å². The van der Waals surface area contributed by atoms with Crippen LogP contribution < -0.4 is 20.8 Å². The average Bonchev–Trinajstić information content (AvgIpc) is 2.83. The normalized spacial score (nSPS) is 10.9. The third-order valence-corrected chi connectivity index (χ3v) is 7.28. The molecule has 49 heavy (non-hydrogen) atoms. The number of hydrogen-bond donors (Lipinski definition) is 2. The van der Waals surface area contributed by atoms with E-state index in [1.165, 1.54) is 11.1 Å². The zero-order valence-electron chi connectivity index (χ0n) is 32.0. The molecule has 13 heteroatoms. The van der Waals surface area contributed by atoms with E-state index >= 15 is 0 Å². The van der Waals surface area contributed by atoms with Crippen molar-refractivity contribution in [2.45, 2.75) is 118 Å². The Hall–Kier alpha value is -0.943. The summed E-state index contributed by atoms with van der Waals surface area (Å²) in [5.74, 6) is 0.334. The quantitative estimate of drug-likeness (QED) is 0.229. The van der Waals surface area contributed by atoms with Crippen molar-refractivity contribution in [3.8, 4) is 11.5 Å². The summed E-state index contributed by atoms with van der Waals surface area (Å²) < 4.78 is 10.1. The number of methoxy groups -OCH3 is 2. The minimum atomic E-state index is -0.139. The van der Waals surface area contributed by atoms with Crippen LogP contribution in [-0.2, 0) is 114 Å². The van der Waals surface area contributed by atoms with Crippen LogP contribution in [0.3, 0.4) is 0 Å². The minimum absolute atomic E-state index is 0. The van der Waals surface area contributed by atoms with Crippen molar-refractivity contribution in [2.75, 3.05) is 40.5 Å². The molecule has 0 aromatic heterocycles. The van der Waals surface area contributed by atoms with Gasteiger partial charge in [0.05, 0.1) is 13.2 Å². The van der Waals surface area contributed by atoms with Gasteiger partial charge >= 0.3 is 0 Å². The van der Waals surface area contributed by atoms with Crippen molar-refractivity contribution in [1.82, 2.24) is 10.6 Å². The minimum Gasteiger partial charge on any atom is -2.00 e. The second kappa shape index (κ2) is 26.8. The third-order valence-electron chi connectivity index (χ3n) is 7.28. The van der Waals surface area contributed by atoms with Gasteiger partial charge in [0.1, 0.15) is 0 Å². The molecule has 0 saturated heterocycles. The van der Waals surface area contributed by atoms with Crippen molar-refractivity contribution in [3.05, 3.63) is 57.6 Å². The van der Waals surface area contributed by atoms with Crippen LogP contribution in [-0.4, -0.2) is 40.5 Å². The second-order valence-electron chi connectivity index (χ2n) is 15.4. The van der Waals surface area contributed by atoms with Crippen LogP contribution in [0, 0.1) is 0 Å². The van der Waals surface area contributed by atoms with E-state index in [1.807, 2.05) is 0 Å². The van der Waals surface area contributed by atoms with Gasteiger partial charge in [-0.05, 0) is 55.0 Å². The summed E-state index contributed by atoms with van der Waals surface area (Å²) in [6.07, 6.45) is 0. The molecule has 11 nitrogen and oxygen atoms in total. The SMILES string of the molecule is COCCNCc1cc(C(C)(C)C)cc(C(C)(C)C)c1[O-].COCCNCc1cc(C(C)(C)C)cc(C(C)(C)C)c1[O-].[Mo].[Mo].[O-2].[O-2].[O-2].[O-2].[O-2]. The summed E-state index contributed by atoms with van der Waals surface area (Å²) in [4.78, 5) is 0. The summed E-state index contributed by atoms with van der Waals surface area (Å²) >= 11 is 0. The number of hydrogen-bond acceptors (Lipinski definition) is 6. The molecule has 2 aromatic rings. The van der Waals surface area contributed by atoms with Crippen LogP contribution >= 0.6 is 0 Å². The molecular weight excluding hydrogens is 796 g/mol. The molecule has 0 radical (unpaired) electrons. The maximum atomic E-state index is 12.7. The van der Waals surface area contributed by atoms with E-state index in [9.17, 15) is 10.2 Å². The molecule has 0 unspecified atom stereocenters. The van der Waals surface area contributed by atoms with Crippen LogP contribution in [0.1, 0.15) is 116 Å². The van der Waals surface area contributed by atoms with Gasteiger partial charge in [0.15, 0.2) is 0 Å². The van der Waals surface area contributed by atoms with E-state index in [0.29, 0.717) is 26.3 Å². The van der Waals surface area contributed by atoms with Gasteiger partial charge in [-0.3, -0.25) is 0 Å². The van der Waals surface area contributed by atoms with Crippen LogP contribution in [0.15, 0.2) is 24.3 Å². The van der Waals surface area contributed by atoms with Gasteiger partial charge in [-0.25, -0.2) is 0 Å². The molecule has 2 rings (SSSR count). The van der Waals surface area contributed by atoms with E-state index in [1.54, 1.807) is 14.2 Å². The summed E-state index contributed by atoms with van der Waals surface area (Å²) in [7, 11) is 3.36. The smallest absolute Gasteiger partial charge is 0.0587 e. The van der Waals surface area contributed by atoms with E-state index in [0.717, 1.165) is 35.3 Å². The molecule has 0 saturated carbocycles. The fourth-order valence-electron chi connectivity index (χ4n) is 4.42. The molecule has 2 N–H and O–H groups in total. The molecule has 0 fully saturated rings. The molecule has 0 aliphatic carbocycles. The maximum Gasteiger partial charge on any atom is 0.0587 e. The number of rotatable bonds is 10. The van der Waals surface area contributed by atoms with Gasteiger partial charge < -0.3 is 57.7 Å². The molecule has 0 bridgehead atoms. The summed E-state index contributed by atoms with van der Waals surface area (Å²) in [5.41, 5.74) is 5.73. The molecule has 0 amide bonds. The summed E-state index contributed by atoms with van der Waals surface area (Å²) in [6, 6.07) is 8.27. The first-order valence-electron chi connectivity index (χ1n) is 15.2. The Bertz CT molecular complexity index is 1050. The summed E-state index contributed by atoms with van der Waals surface area (Å²) in [5, 5.41) is 31.9. The van der Waals surface area contributed by atoms with Crippen molar-refractivity contribution < 1.29 is 89.2 Å².